The van der Waals surface area contributed by atoms with Gasteiger partial charge in [-0.2, -0.15) is 0 Å². The SMILES string of the molecule is C#CCC(N)COc1cccc(Cl)c1. The zero-order valence-corrected chi connectivity index (χ0v) is 8.50. The molecule has 0 aliphatic rings. The lowest BCUT2D eigenvalue weighted by Gasteiger charge is -2.10. The minimum Gasteiger partial charge on any atom is -0.492 e. The Morgan fingerprint density at radius 1 is 1.57 bits per heavy atom. The maximum atomic E-state index is 5.78. The average Bonchev–Trinajstić information content (AvgIpc) is 2.15. The van der Waals surface area contributed by atoms with Crippen molar-refractivity contribution in [1.82, 2.24) is 0 Å². The molecule has 0 amide bonds. The zero-order valence-electron chi connectivity index (χ0n) is 7.74. The average molecular weight is 210 g/mol. The molecule has 0 radical (unpaired) electrons. The lowest BCUT2D eigenvalue weighted by molar-refractivity contribution is 0.290. The van der Waals surface area contributed by atoms with E-state index in [9.17, 15) is 0 Å². The Bertz CT molecular complexity index is 332. The molecule has 3 heteroatoms. The molecular weight excluding hydrogens is 198 g/mol. The smallest absolute Gasteiger partial charge is 0.120 e. The van der Waals surface area contributed by atoms with Gasteiger partial charge in [-0.25, -0.2) is 0 Å². The third-order valence-electron chi connectivity index (χ3n) is 1.64. The van der Waals surface area contributed by atoms with Crippen LogP contribution in [0.15, 0.2) is 24.3 Å². The number of halogens is 1. The van der Waals surface area contributed by atoms with E-state index in [1.165, 1.54) is 0 Å². The highest BCUT2D eigenvalue weighted by Gasteiger charge is 2.01. The summed E-state index contributed by atoms with van der Waals surface area (Å²) in [6.45, 7) is 0.407. The fourth-order valence-electron chi connectivity index (χ4n) is 0.970. The van der Waals surface area contributed by atoms with Gasteiger partial charge >= 0.3 is 0 Å². The van der Waals surface area contributed by atoms with E-state index in [2.05, 4.69) is 5.92 Å². The number of hydrogen-bond acceptors (Lipinski definition) is 2. The molecule has 0 heterocycles. The van der Waals surface area contributed by atoms with Gasteiger partial charge in [-0.05, 0) is 18.2 Å². The first-order valence-electron chi connectivity index (χ1n) is 4.30. The topological polar surface area (TPSA) is 35.2 Å². The molecule has 74 valence electrons. The largest absolute Gasteiger partial charge is 0.492 e. The van der Waals surface area contributed by atoms with Crippen LogP contribution < -0.4 is 10.5 Å². The summed E-state index contributed by atoms with van der Waals surface area (Å²) >= 11 is 5.78. The van der Waals surface area contributed by atoms with Crippen molar-refractivity contribution in [3.63, 3.8) is 0 Å². The predicted octanol–water partition coefficient (Wildman–Crippen LogP) is 2.07. The van der Waals surface area contributed by atoms with Gasteiger partial charge in [-0.15, -0.1) is 12.3 Å². The summed E-state index contributed by atoms with van der Waals surface area (Å²) < 4.78 is 5.40. The van der Waals surface area contributed by atoms with E-state index in [-0.39, 0.29) is 6.04 Å². The second-order valence-electron chi connectivity index (χ2n) is 2.94. The molecule has 1 atom stereocenters. The summed E-state index contributed by atoms with van der Waals surface area (Å²) in [5.74, 6) is 3.20. The Balaban J connectivity index is 2.42. The quantitative estimate of drug-likeness (QED) is 0.771. The number of nitrogens with two attached hydrogens (primary N) is 1. The summed E-state index contributed by atoms with van der Waals surface area (Å²) in [4.78, 5) is 0. The van der Waals surface area contributed by atoms with Crippen LogP contribution in [0.2, 0.25) is 5.02 Å². The van der Waals surface area contributed by atoms with Gasteiger partial charge in [0.2, 0.25) is 0 Å². The van der Waals surface area contributed by atoms with Crippen molar-refractivity contribution < 1.29 is 4.74 Å². The molecular formula is C11H12ClNO. The Hall–Kier alpha value is -1.17. The zero-order chi connectivity index (χ0) is 10.4. The number of rotatable bonds is 4. The lowest BCUT2D eigenvalue weighted by atomic mass is 10.2. The lowest BCUT2D eigenvalue weighted by Crippen LogP contribution is -2.27. The summed E-state index contributed by atoms with van der Waals surface area (Å²) in [5, 5.41) is 0.646. The van der Waals surface area contributed by atoms with Crippen molar-refractivity contribution in [3.05, 3.63) is 29.3 Å². The molecule has 1 aromatic carbocycles. The van der Waals surface area contributed by atoms with Crippen molar-refractivity contribution in [1.29, 1.82) is 0 Å². The summed E-state index contributed by atoms with van der Waals surface area (Å²) in [5.41, 5.74) is 5.67. The third-order valence-corrected chi connectivity index (χ3v) is 1.88. The van der Waals surface area contributed by atoms with Gasteiger partial charge in [0.1, 0.15) is 12.4 Å². The summed E-state index contributed by atoms with van der Waals surface area (Å²) in [6.07, 6.45) is 5.63. The van der Waals surface area contributed by atoms with Crippen molar-refractivity contribution in [2.75, 3.05) is 6.61 Å². The second-order valence-corrected chi connectivity index (χ2v) is 3.37. The molecule has 0 bridgehead atoms. The van der Waals surface area contributed by atoms with Gasteiger partial charge in [-0.3, -0.25) is 0 Å². The molecule has 0 fully saturated rings. The Kier molecular flexibility index (Phi) is 4.31. The van der Waals surface area contributed by atoms with Gasteiger partial charge in [0.15, 0.2) is 0 Å². The first-order valence-corrected chi connectivity index (χ1v) is 4.67. The maximum Gasteiger partial charge on any atom is 0.120 e. The fraction of sp³-hybridized carbons (Fsp3) is 0.273. The van der Waals surface area contributed by atoms with Crippen molar-refractivity contribution in [2.24, 2.45) is 5.73 Å². The van der Waals surface area contributed by atoms with Crippen LogP contribution in [-0.4, -0.2) is 12.6 Å². The summed E-state index contributed by atoms with van der Waals surface area (Å²) in [7, 11) is 0. The van der Waals surface area contributed by atoms with E-state index in [0.29, 0.717) is 23.8 Å². The van der Waals surface area contributed by atoms with Gasteiger partial charge in [-0.1, -0.05) is 17.7 Å². The van der Waals surface area contributed by atoms with Crippen LogP contribution in [0.1, 0.15) is 6.42 Å². The van der Waals surface area contributed by atoms with E-state index in [1.54, 1.807) is 12.1 Å². The molecule has 0 aromatic heterocycles. The van der Waals surface area contributed by atoms with Gasteiger partial charge in [0.25, 0.3) is 0 Å². The molecule has 0 saturated carbocycles. The van der Waals surface area contributed by atoms with Crippen molar-refractivity contribution >= 4 is 11.6 Å². The van der Waals surface area contributed by atoms with E-state index in [1.807, 2.05) is 12.1 Å². The molecule has 2 nitrogen and oxygen atoms in total. The normalized spacial score (nSPS) is 11.8. The monoisotopic (exact) mass is 209 g/mol. The maximum absolute atomic E-state index is 5.78. The highest BCUT2D eigenvalue weighted by Crippen LogP contribution is 2.17. The van der Waals surface area contributed by atoms with Crippen LogP contribution in [0.25, 0.3) is 0 Å². The molecule has 0 aliphatic heterocycles. The third kappa shape index (κ3) is 3.69. The summed E-state index contributed by atoms with van der Waals surface area (Å²) in [6, 6.07) is 7.05. The fourth-order valence-corrected chi connectivity index (χ4v) is 1.15. The van der Waals surface area contributed by atoms with Crippen molar-refractivity contribution in [3.8, 4) is 18.1 Å². The molecule has 1 rings (SSSR count). The standard InChI is InChI=1S/C11H12ClNO/c1-2-4-10(13)8-14-11-6-3-5-9(12)7-11/h1,3,5-7,10H,4,8,13H2. The van der Waals surface area contributed by atoms with Gasteiger partial charge in [0.05, 0.1) is 0 Å². The van der Waals surface area contributed by atoms with E-state index in [4.69, 9.17) is 28.5 Å². The van der Waals surface area contributed by atoms with Crippen LogP contribution >= 0.6 is 11.6 Å². The predicted molar refractivity (Wildman–Crippen MR) is 58.4 cm³/mol. The molecule has 1 unspecified atom stereocenters. The van der Waals surface area contributed by atoms with Crippen LogP contribution in [0.3, 0.4) is 0 Å². The minimum atomic E-state index is -0.126. The molecule has 0 spiro atoms. The molecule has 2 N–H and O–H groups in total. The highest BCUT2D eigenvalue weighted by molar-refractivity contribution is 6.30. The van der Waals surface area contributed by atoms with E-state index < -0.39 is 0 Å². The highest BCUT2D eigenvalue weighted by atomic mass is 35.5. The number of hydrogen-bond donors (Lipinski definition) is 1. The van der Waals surface area contributed by atoms with Crippen LogP contribution in [0.5, 0.6) is 5.75 Å². The Labute approximate surface area is 89.0 Å². The molecule has 14 heavy (non-hydrogen) atoms. The molecule has 0 aliphatic carbocycles. The second kappa shape index (κ2) is 5.54. The Morgan fingerprint density at radius 2 is 2.36 bits per heavy atom. The minimum absolute atomic E-state index is 0.126. The van der Waals surface area contributed by atoms with Crippen molar-refractivity contribution in [2.45, 2.75) is 12.5 Å². The van der Waals surface area contributed by atoms with Crippen LogP contribution in [0.4, 0.5) is 0 Å². The van der Waals surface area contributed by atoms with Gasteiger partial charge in [0, 0.05) is 17.5 Å². The van der Waals surface area contributed by atoms with Gasteiger partial charge < -0.3 is 10.5 Å². The number of ether oxygens (including phenoxy) is 1. The first kappa shape index (κ1) is 10.9. The van der Waals surface area contributed by atoms with E-state index >= 15 is 0 Å². The van der Waals surface area contributed by atoms with Crippen LogP contribution in [-0.2, 0) is 0 Å². The van der Waals surface area contributed by atoms with Crippen LogP contribution in [0, 0.1) is 12.3 Å². The molecule has 1 aromatic rings. The first-order chi connectivity index (χ1) is 6.72. The number of terminal acetylenes is 1. The Morgan fingerprint density at radius 3 is 3.00 bits per heavy atom. The molecule has 0 saturated heterocycles. The van der Waals surface area contributed by atoms with E-state index in [0.717, 1.165) is 0 Å². The number of benzene rings is 1.